The van der Waals surface area contributed by atoms with Crippen molar-refractivity contribution >= 4 is 0 Å². The normalized spacial score (nSPS) is 33.5. The summed E-state index contributed by atoms with van der Waals surface area (Å²) < 4.78 is 6.18. The van der Waals surface area contributed by atoms with Crippen LogP contribution in [0, 0.1) is 11.8 Å². The van der Waals surface area contributed by atoms with E-state index in [0.29, 0.717) is 12.0 Å². The summed E-state index contributed by atoms with van der Waals surface area (Å²) in [7, 11) is 0. The van der Waals surface area contributed by atoms with Gasteiger partial charge in [0.1, 0.15) is 0 Å². The molecule has 2 unspecified atom stereocenters. The third-order valence-electron chi connectivity index (χ3n) is 4.99. The molecular formula is C16H31NO. The Morgan fingerprint density at radius 1 is 1.11 bits per heavy atom. The van der Waals surface area contributed by atoms with Crippen molar-refractivity contribution < 1.29 is 4.74 Å². The van der Waals surface area contributed by atoms with Crippen molar-refractivity contribution in [3.8, 4) is 0 Å². The topological polar surface area (TPSA) is 35.2 Å². The predicted molar refractivity (Wildman–Crippen MR) is 76.5 cm³/mol. The van der Waals surface area contributed by atoms with Crippen LogP contribution in [0.1, 0.15) is 72.6 Å². The second-order valence-corrected chi connectivity index (χ2v) is 7.68. The highest BCUT2D eigenvalue weighted by atomic mass is 16.5. The van der Waals surface area contributed by atoms with E-state index in [-0.39, 0.29) is 11.2 Å². The van der Waals surface area contributed by atoms with Crippen molar-refractivity contribution in [1.29, 1.82) is 0 Å². The molecule has 18 heavy (non-hydrogen) atoms. The Hall–Kier alpha value is -0.0800. The minimum Gasteiger partial charge on any atom is -0.369 e. The Balaban J connectivity index is 1.93. The lowest BCUT2D eigenvalue weighted by atomic mass is 9.76. The van der Waals surface area contributed by atoms with Gasteiger partial charge in [-0.2, -0.15) is 0 Å². The second kappa shape index (κ2) is 5.13. The molecule has 2 heteroatoms. The highest BCUT2D eigenvalue weighted by Gasteiger charge is 2.48. The zero-order chi connectivity index (χ0) is 13.4. The molecule has 2 N–H and O–H groups in total. The molecular weight excluding hydrogens is 222 g/mol. The van der Waals surface area contributed by atoms with E-state index in [1.807, 2.05) is 0 Å². The molecule has 0 radical (unpaired) electrons. The molecule has 2 aliphatic rings. The summed E-state index contributed by atoms with van der Waals surface area (Å²) in [5, 5.41) is 0. The van der Waals surface area contributed by atoms with Gasteiger partial charge in [-0.15, -0.1) is 0 Å². The number of nitrogens with two attached hydrogens (primary N) is 1. The molecule has 1 aliphatic carbocycles. The highest BCUT2D eigenvalue weighted by molar-refractivity contribution is 4.99. The highest BCUT2D eigenvalue weighted by Crippen LogP contribution is 2.44. The summed E-state index contributed by atoms with van der Waals surface area (Å²) in [5.41, 5.74) is 6.47. The summed E-state index contributed by atoms with van der Waals surface area (Å²) >= 11 is 0. The van der Waals surface area contributed by atoms with E-state index in [0.717, 1.165) is 12.3 Å². The van der Waals surface area contributed by atoms with Crippen LogP contribution >= 0.6 is 0 Å². The Kier molecular flexibility index (Phi) is 4.08. The molecule has 0 spiro atoms. The lowest BCUT2D eigenvalue weighted by Crippen LogP contribution is -2.42. The Labute approximate surface area is 113 Å². The summed E-state index contributed by atoms with van der Waals surface area (Å²) in [4.78, 5) is 0. The summed E-state index contributed by atoms with van der Waals surface area (Å²) in [6.45, 7) is 8.82. The Morgan fingerprint density at radius 3 is 2.22 bits per heavy atom. The van der Waals surface area contributed by atoms with Crippen molar-refractivity contribution in [3.63, 3.8) is 0 Å². The first kappa shape index (κ1) is 14.3. The molecule has 106 valence electrons. The minimum absolute atomic E-state index is 0.00164. The maximum absolute atomic E-state index is 6.53. The Bertz CT molecular complexity index is 279. The number of rotatable bonds is 3. The van der Waals surface area contributed by atoms with Gasteiger partial charge in [-0.3, -0.25) is 0 Å². The van der Waals surface area contributed by atoms with Crippen LogP contribution in [-0.2, 0) is 4.74 Å². The average molecular weight is 253 g/mol. The van der Waals surface area contributed by atoms with E-state index in [1.165, 1.54) is 38.5 Å². The van der Waals surface area contributed by atoms with Crippen molar-refractivity contribution in [1.82, 2.24) is 0 Å². The van der Waals surface area contributed by atoms with Crippen LogP contribution < -0.4 is 5.73 Å². The smallest absolute Gasteiger partial charge is 0.0677 e. The monoisotopic (exact) mass is 253 g/mol. The quantitative estimate of drug-likeness (QED) is 0.828. The van der Waals surface area contributed by atoms with Crippen LogP contribution in [0.15, 0.2) is 0 Å². The maximum atomic E-state index is 6.53. The zero-order valence-corrected chi connectivity index (χ0v) is 12.7. The van der Waals surface area contributed by atoms with Crippen molar-refractivity contribution in [2.24, 2.45) is 17.6 Å². The van der Waals surface area contributed by atoms with E-state index in [9.17, 15) is 0 Å². The van der Waals surface area contributed by atoms with Gasteiger partial charge in [-0.05, 0) is 46.5 Å². The molecule has 2 nitrogen and oxygen atoms in total. The third-order valence-corrected chi connectivity index (χ3v) is 4.99. The van der Waals surface area contributed by atoms with Crippen molar-refractivity contribution in [2.75, 3.05) is 0 Å². The van der Waals surface area contributed by atoms with Crippen molar-refractivity contribution in [2.45, 2.75) is 89.9 Å². The van der Waals surface area contributed by atoms with Crippen LogP contribution in [0.5, 0.6) is 0 Å². The fraction of sp³-hybridized carbons (Fsp3) is 1.00. The third kappa shape index (κ3) is 3.27. The standard InChI is InChI=1S/C16H31NO/c1-15(2)11-13(16(3,4)18-15)14(17)10-12-8-6-5-7-9-12/h12-14H,5-11,17H2,1-4H3. The van der Waals surface area contributed by atoms with Gasteiger partial charge in [0.25, 0.3) is 0 Å². The summed E-state index contributed by atoms with van der Waals surface area (Å²) in [6, 6.07) is 0.310. The molecule has 0 aromatic heterocycles. The fourth-order valence-corrected chi connectivity index (χ4v) is 4.24. The molecule has 0 aromatic rings. The van der Waals surface area contributed by atoms with Gasteiger partial charge in [0.05, 0.1) is 11.2 Å². The van der Waals surface area contributed by atoms with E-state index >= 15 is 0 Å². The Morgan fingerprint density at radius 2 is 1.72 bits per heavy atom. The lowest BCUT2D eigenvalue weighted by molar-refractivity contribution is -0.0772. The largest absolute Gasteiger partial charge is 0.369 e. The molecule has 1 saturated carbocycles. The summed E-state index contributed by atoms with van der Waals surface area (Å²) in [6.07, 6.45) is 9.34. The fourth-order valence-electron chi connectivity index (χ4n) is 4.24. The maximum Gasteiger partial charge on any atom is 0.0677 e. The second-order valence-electron chi connectivity index (χ2n) is 7.68. The number of hydrogen-bond acceptors (Lipinski definition) is 2. The molecule has 0 amide bonds. The molecule has 1 saturated heterocycles. The molecule has 2 rings (SSSR count). The van der Waals surface area contributed by atoms with Crippen LogP contribution in [0.4, 0.5) is 0 Å². The molecule has 0 bridgehead atoms. The van der Waals surface area contributed by atoms with Gasteiger partial charge in [0, 0.05) is 12.0 Å². The molecule has 1 heterocycles. The van der Waals surface area contributed by atoms with Gasteiger partial charge in [-0.1, -0.05) is 32.1 Å². The molecule has 2 atom stereocenters. The van der Waals surface area contributed by atoms with Crippen LogP contribution in [0.25, 0.3) is 0 Å². The minimum atomic E-state index is -0.0580. The molecule has 1 aliphatic heterocycles. The van der Waals surface area contributed by atoms with Crippen LogP contribution in [0.2, 0.25) is 0 Å². The van der Waals surface area contributed by atoms with Gasteiger partial charge >= 0.3 is 0 Å². The predicted octanol–water partition coefficient (Wildman–Crippen LogP) is 3.88. The summed E-state index contributed by atoms with van der Waals surface area (Å²) in [5.74, 6) is 1.38. The molecule has 0 aromatic carbocycles. The van der Waals surface area contributed by atoms with E-state index in [4.69, 9.17) is 10.5 Å². The van der Waals surface area contributed by atoms with Crippen LogP contribution in [0.3, 0.4) is 0 Å². The van der Waals surface area contributed by atoms with Gasteiger partial charge in [-0.25, -0.2) is 0 Å². The number of ether oxygens (including phenoxy) is 1. The van der Waals surface area contributed by atoms with E-state index in [2.05, 4.69) is 27.7 Å². The van der Waals surface area contributed by atoms with Gasteiger partial charge in [0.2, 0.25) is 0 Å². The first-order chi connectivity index (χ1) is 8.30. The van der Waals surface area contributed by atoms with E-state index < -0.39 is 0 Å². The van der Waals surface area contributed by atoms with Crippen molar-refractivity contribution in [3.05, 3.63) is 0 Å². The van der Waals surface area contributed by atoms with Gasteiger partial charge in [0.15, 0.2) is 0 Å². The zero-order valence-electron chi connectivity index (χ0n) is 12.7. The lowest BCUT2D eigenvalue weighted by Gasteiger charge is -2.33. The first-order valence-electron chi connectivity index (χ1n) is 7.76. The first-order valence-corrected chi connectivity index (χ1v) is 7.76. The van der Waals surface area contributed by atoms with Crippen LogP contribution in [-0.4, -0.2) is 17.2 Å². The van der Waals surface area contributed by atoms with Gasteiger partial charge < -0.3 is 10.5 Å². The number of hydrogen-bond donors (Lipinski definition) is 1. The van der Waals surface area contributed by atoms with E-state index in [1.54, 1.807) is 0 Å². The molecule has 2 fully saturated rings. The average Bonchev–Trinajstić information content (AvgIpc) is 2.48. The SMILES string of the molecule is CC1(C)CC(C(N)CC2CCCCC2)C(C)(C)O1.